The standard InChI is InChI=1S/C12H13ClO3/c1-8(5-12(14)15)7-16-11-4-3-10(13)6-9(11)2/h3-6H,7H2,1-2H3,(H,14,15). The predicted molar refractivity (Wildman–Crippen MR) is 63.1 cm³/mol. The largest absolute Gasteiger partial charge is 0.489 e. The van der Waals surface area contributed by atoms with Gasteiger partial charge in [0.25, 0.3) is 0 Å². The van der Waals surface area contributed by atoms with Crippen molar-refractivity contribution in [3.8, 4) is 5.75 Å². The molecule has 0 aliphatic rings. The molecule has 0 fully saturated rings. The van der Waals surface area contributed by atoms with E-state index in [1.807, 2.05) is 6.92 Å². The monoisotopic (exact) mass is 240 g/mol. The van der Waals surface area contributed by atoms with Crippen molar-refractivity contribution in [1.82, 2.24) is 0 Å². The normalized spacial score (nSPS) is 11.3. The van der Waals surface area contributed by atoms with Gasteiger partial charge in [0.1, 0.15) is 12.4 Å². The molecule has 1 aromatic rings. The Kier molecular flexibility index (Phi) is 4.38. The lowest BCUT2D eigenvalue weighted by Crippen LogP contribution is -2.02. The Balaban J connectivity index is 2.65. The molecule has 1 rings (SSSR count). The molecular weight excluding hydrogens is 228 g/mol. The van der Waals surface area contributed by atoms with Crippen molar-refractivity contribution in [2.45, 2.75) is 13.8 Å². The first-order valence-corrected chi connectivity index (χ1v) is 5.16. The molecule has 0 radical (unpaired) electrons. The molecule has 3 nitrogen and oxygen atoms in total. The van der Waals surface area contributed by atoms with Crippen LogP contribution in [0.4, 0.5) is 0 Å². The van der Waals surface area contributed by atoms with Gasteiger partial charge in [-0.2, -0.15) is 0 Å². The molecule has 0 heterocycles. The van der Waals surface area contributed by atoms with Gasteiger partial charge in [0.2, 0.25) is 0 Å². The molecule has 0 aliphatic heterocycles. The lowest BCUT2D eigenvalue weighted by molar-refractivity contribution is -0.131. The Morgan fingerprint density at radius 1 is 1.56 bits per heavy atom. The van der Waals surface area contributed by atoms with Gasteiger partial charge in [-0.25, -0.2) is 4.79 Å². The fourth-order valence-electron chi connectivity index (χ4n) is 1.22. The van der Waals surface area contributed by atoms with Gasteiger partial charge in [0.15, 0.2) is 0 Å². The van der Waals surface area contributed by atoms with Crippen LogP contribution in [0.15, 0.2) is 29.8 Å². The van der Waals surface area contributed by atoms with Crippen molar-refractivity contribution < 1.29 is 14.6 Å². The van der Waals surface area contributed by atoms with Crippen molar-refractivity contribution in [3.05, 3.63) is 40.4 Å². The van der Waals surface area contributed by atoms with E-state index in [2.05, 4.69) is 0 Å². The molecule has 0 saturated heterocycles. The Labute approximate surface area is 99.3 Å². The molecule has 0 aromatic heterocycles. The van der Waals surface area contributed by atoms with Crippen LogP contribution in [0.25, 0.3) is 0 Å². The van der Waals surface area contributed by atoms with E-state index in [0.29, 0.717) is 16.3 Å². The molecule has 4 heteroatoms. The van der Waals surface area contributed by atoms with Crippen LogP contribution >= 0.6 is 11.6 Å². The Morgan fingerprint density at radius 3 is 2.81 bits per heavy atom. The van der Waals surface area contributed by atoms with E-state index in [1.165, 1.54) is 0 Å². The summed E-state index contributed by atoms with van der Waals surface area (Å²) in [7, 11) is 0. The molecule has 0 saturated carbocycles. The van der Waals surface area contributed by atoms with E-state index in [-0.39, 0.29) is 6.61 Å². The molecule has 0 spiro atoms. The summed E-state index contributed by atoms with van der Waals surface area (Å²) in [6.07, 6.45) is 1.13. The number of aliphatic carboxylic acids is 1. The average molecular weight is 241 g/mol. The van der Waals surface area contributed by atoms with Gasteiger partial charge in [-0.15, -0.1) is 0 Å². The maximum atomic E-state index is 10.4. The number of carbonyl (C=O) groups is 1. The summed E-state index contributed by atoms with van der Waals surface area (Å²) in [5.74, 6) is -0.253. The molecular formula is C12H13ClO3. The van der Waals surface area contributed by atoms with Crippen molar-refractivity contribution in [2.24, 2.45) is 0 Å². The minimum absolute atomic E-state index is 0.259. The molecule has 0 unspecified atom stereocenters. The number of hydrogen-bond acceptors (Lipinski definition) is 2. The second-order valence-electron chi connectivity index (χ2n) is 3.53. The van der Waals surface area contributed by atoms with E-state index in [1.54, 1.807) is 25.1 Å². The third-order valence-corrected chi connectivity index (χ3v) is 2.20. The minimum atomic E-state index is -0.964. The van der Waals surface area contributed by atoms with E-state index in [4.69, 9.17) is 21.4 Å². The number of hydrogen-bond donors (Lipinski definition) is 1. The zero-order chi connectivity index (χ0) is 12.1. The smallest absolute Gasteiger partial charge is 0.328 e. The first-order valence-electron chi connectivity index (χ1n) is 4.78. The number of aryl methyl sites for hydroxylation is 1. The molecule has 0 aliphatic carbocycles. The predicted octanol–water partition coefficient (Wildman–Crippen LogP) is 3.06. The minimum Gasteiger partial charge on any atom is -0.489 e. The number of carboxylic acid groups (broad SMARTS) is 1. The van der Waals surface area contributed by atoms with Gasteiger partial charge < -0.3 is 9.84 Å². The zero-order valence-corrected chi connectivity index (χ0v) is 9.91. The summed E-state index contributed by atoms with van der Waals surface area (Å²) in [5, 5.41) is 9.18. The molecule has 0 bridgehead atoms. The molecule has 86 valence electrons. The van der Waals surface area contributed by atoms with Crippen LogP contribution in [0.1, 0.15) is 12.5 Å². The summed E-state index contributed by atoms with van der Waals surface area (Å²) in [6.45, 7) is 3.85. The second-order valence-corrected chi connectivity index (χ2v) is 3.96. The third kappa shape index (κ3) is 3.95. The maximum absolute atomic E-state index is 10.4. The number of carboxylic acids is 1. The van der Waals surface area contributed by atoms with Gasteiger partial charge in [-0.05, 0) is 43.2 Å². The molecule has 0 amide bonds. The lowest BCUT2D eigenvalue weighted by atomic mass is 10.2. The van der Waals surface area contributed by atoms with Crippen molar-refractivity contribution >= 4 is 17.6 Å². The van der Waals surface area contributed by atoms with Gasteiger partial charge >= 0.3 is 5.97 Å². The Hall–Kier alpha value is -1.48. The van der Waals surface area contributed by atoms with Crippen molar-refractivity contribution in [1.29, 1.82) is 0 Å². The topological polar surface area (TPSA) is 46.5 Å². The highest BCUT2D eigenvalue weighted by Gasteiger charge is 2.01. The summed E-state index contributed by atoms with van der Waals surface area (Å²) in [6, 6.07) is 5.30. The van der Waals surface area contributed by atoms with Crippen LogP contribution in [0, 0.1) is 6.92 Å². The highest BCUT2D eigenvalue weighted by atomic mass is 35.5. The first kappa shape index (κ1) is 12.6. The third-order valence-electron chi connectivity index (χ3n) is 1.96. The number of ether oxygens (including phenoxy) is 1. The van der Waals surface area contributed by atoms with E-state index in [9.17, 15) is 4.79 Å². The first-order chi connectivity index (χ1) is 7.49. The summed E-state index contributed by atoms with van der Waals surface area (Å²) in [4.78, 5) is 10.4. The number of benzene rings is 1. The molecule has 16 heavy (non-hydrogen) atoms. The summed E-state index contributed by atoms with van der Waals surface area (Å²) < 4.78 is 5.46. The van der Waals surface area contributed by atoms with E-state index < -0.39 is 5.97 Å². The number of halogens is 1. The van der Waals surface area contributed by atoms with Crippen LogP contribution in [0.2, 0.25) is 5.02 Å². The number of rotatable bonds is 4. The molecule has 1 N–H and O–H groups in total. The second kappa shape index (κ2) is 5.56. The quantitative estimate of drug-likeness (QED) is 0.823. The highest BCUT2D eigenvalue weighted by molar-refractivity contribution is 6.30. The van der Waals surface area contributed by atoms with Crippen LogP contribution < -0.4 is 4.74 Å². The fraction of sp³-hybridized carbons (Fsp3) is 0.250. The maximum Gasteiger partial charge on any atom is 0.328 e. The van der Waals surface area contributed by atoms with E-state index >= 15 is 0 Å². The van der Waals surface area contributed by atoms with Crippen LogP contribution in [-0.2, 0) is 4.79 Å². The Bertz CT molecular complexity index is 424. The van der Waals surface area contributed by atoms with Crippen LogP contribution in [0.5, 0.6) is 5.75 Å². The van der Waals surface area contributed by atoms with Gasteiger partial charge in [-0.1, -0.05) is 11.6 Å². The van der Waals surface area contributed by atoms with Crippen molar-refractivity contribution in [2.75, 3.05) is 6.61 Å². The van der Waals surface area contributed by atoms with E-state index in [0.717, 1.165) is 11.6 Å². The Morgan fingerprint density at radius 2 is 2.25 bits per heavy atom. The SMILES string of the molecule is CC(=CC(=O)O)COc1ccc(Cl)cc1C. The molecule has 0 atom stereocenters. The summed E-state index contributed by atoms with van der Waals surface area (Å²) in [5.41, 5.74) is 1.58. The van der Waals surface area contributed by atoms with Crippen LogP contribution in [0.3, 0.4) is 0 Å². The van der Waals surface area contributed by atoms with Crippen molar-refractivity contribution in [3.63, 3.8) is 0 Å². The van der Waals surface area contributed by atoms with Gasteiger partial charge in [0.05, 0.1) is 0 Å². The molecule has 1 aromatic carbocycles. The van der Waals surface area contributed by atoms with Gasteiger partial charge in [-0.3, -0.25) is 0 Å². The lowest BCUT2D eigenvalue weighted by Gasteiger charge is -2.09. The fourth-order valence-corrected chi connectivity index (χ4v) is 1.45. The van der Waals surface area contributed by atoms with Gasteiger partial charge in [0, 0.05) is 11.1 Å². The van der Waals surface area contributed by atoms with Crippen LogP contribution in [-0.4, -0.2) is 17.7 Å². The zero-order valence-electron chi connectivity index (χ0n) is 9.16. The average Bonchev–Trinajstić information content (AvgIpc) is 2.15. The summed E-state index contributed by atoms with van der Waals surface area (Å²) >= 11 is 5.80. The highest BCUT2D eigenvalue weighted by Crippen LogP contribution is 2.22.